The summed E-state index contributed by atoms with van der Waals surface area (Å²) < 4.78 is 33.9. The van der Waals surface area contributed by atoms with Gasteiger partial charge in [0, 0.05) is 43.0 Å². The molecule has 1 N–H and O–H groups in total. The third-order valence-corrected chi connectivity index (χ3v) is 7.63. The number of imidazole rings is 1. The van der Waals surface area contributed by atoms with Gasteiger partial charge in [0.05, 0.1) is 29.3 Å². The Kier molecular flexibility index (Phi) is 8.14. The van der Waals surface area contributed by atoms with Crippen molar-refractivity contribution in [3.63, 3.8) is 0 Å². The van der Waals surface area contributed by atoms with Crippen LogP contribution in [0.3, 0.4) is 0 Å². The number of hydrogen-bond acceptors (Lipinski definition) is 8. The average Bonchev–Trinajstić information content (AvgIpc) is 3.28. The second-order valence-electron chi connectivity index (χ2n) is 9.99. The Morgan fingerprint density at radius 3 is 2.69 bits per heavy atom. The molecule has 13 heteroatoms. The van der Waals surface area contributed by atoms with Crippen LogP contribution in [0, 0.1) is 5.82 Å². The number of carbonyl (C=O) groups is 1. The molecule has 218 valence electrons. The second-order valence-corrected chi connectivity index (χ2v) is 10.8. The van der Waals surface area contributed by atoms with Crippen LogP contribution >= 0.6 is 23.2 Å². The number of aromatic nitrogens is 4. The maximum atomic E-state index is 14.8. The first kappa shape index (κ1) is 28.2. The summed E-state index contributed by atoms with van der Waals surface area (Å²) in [6.07, 6.45) is 5.60. The van der Waals surface area contributed by atoms with Crippen molar-refractivity contribution in [2.75, 3.05) is 19.7 Å². The summed E-state index contributed by atoms with van der Waals surface area (Å²) in [6, 6.07) is 9.14. The first-order chi connectivity index (χ1) is 20.3. The maximum absolute atomic E-state index is 14.8. The van der Waals surface area contributed by atoms with E-state index in [2.05, 4.69) is 19.9 Å². The number of rotatable bonds is 9. The first-order valence-electron chi connectivity index (χ1n) is 13.4. The topological polar surface area (TPSA) is 112 Å². The Labute approximate surface area is 250 Å². The Morgan fingerprint density at radius 1 is 1.17 bits per heavy atom. The maximum Gasteiger partial charge on any atom is 0.335 e. The number of halogens is 3. The van der Waals surface area contributed by atoms with Crippen LogP contribution in [0.15, 0.2) is 48.4 Å². The summed E-state index contributed by atoms with van der Waals surface area (Å²) in [5.41, 5.74) is 0.392. The van der Waals surface area contributed by atoms with E-state index in [-0.39, 0.29) is 23.8 Å². The molecule has 0 amide bonds. The highest BCUT2D eigenvalue weighted by Crippen LogP contribution is 2.29. The Morgan fingerprint density at radius 2 is 1.98 bits per heavy atom. The number of fused-ring (bicyclic) bond motifs is 1. The molecule has 0 atom stereocenters. The first-order valence-corrected chi connectivity index (χ1v) is 14.1. The summed E-state index contributed by atoms with van der Waals surface area (Å²) in [5, 5.41) is 10.3. The van der Waals surface area contributed by atoms with Gasteiger partial charge in [-0.05, 0) is 43.2 Å². The van der Waals surface area contributed by atoms with Gasteiger partial charge in [-0.3, -0.25) is 9.47 Å². The lowest BCUT2D eigenvalue weighted by molar-refractivity contribution is 0.0696. The fourth-order valence-electron chi connectivity index (χ4n) is 4.85. The third kappa shape index (κ3) is 6.28. The predicted octanol–water partition coefficient (Wildman–Crippen LogP) is 5.81. The van der Waals surface area contributed by atoms with Crippen molar-refractivity contribution in [1.82, 2.24) is 24.4 Å². The van der Waals surface area contributed by atoms with Gasteiger partial charge in [-0.2, -0.15) is 4.98 Å². The van der Waals surface area contributed by atoms with E-state index >= 15 is 0 Å². The van der Waals surface area contributed by atoms with E-state index in [1.54, 1.807) is 41.2 Å². The summed E-state index contributed by atoms with van der Waals surface area (Å²) in [4.78, 5) is 27.0. The summed E-state index contributed by atoms with van der Waals surface area (Å²) >= 11 is 12.1. The van der Waals surface area contributed by atoms with E-state index in [1.807, 2.05) is 0 Å². The smallest absolute Gasteiger partial charge is 0.335 e. The molecular weight excluding hydrogens is 588 g/mol. The van der Waals surface area contributed by atoms with Crippen LogP contribution in [-0.2, 0) is 17.9 Å². The van der Waals surface area contributed by atoms with Crippen LogP contribution in [0.5, 0.6) is 11.6 Å². The molecule has 0 unspecified atom stereocenters. The van der Waals surface area contributed by atoms with Crippen molar-refractivity contribution in [1.29, 1.82) is 0 Å². The predicted molar refractivity (Wildman–Crippen MR) is 153 cm³/mol. The minimum absolute atomic E-state index is 0.0458. The SMILES string of the molecule is O=C(O)c1cc(F)c2nc(CN3CCC(Oc4ccnc(COc5ccc(Cl)cc5Cl)n4)CC3)n(/C=C3/CCO3)c2c1. The van der Waals surface area contributed by atoms with Crippen molar-refractivity contribution in [2.24, 2.45) is 0 Å². The van der Waals surface area contributed by atoms with Gasteiger partial charge in [-0.25, -0.2) is 19.2 Å². The lowest BCUT2D eigenvalue weighted by atomic mass is 10.1. The molecule has 6 rings (SSSR count). The molecular formula is C29H26Cl2FN5O5. The van der Waals surface area contributed by atoms with Gasteiger partial charge in [0.25, 0.3) is 0 Å². The monoisotopic (exact) mass is 613 g/mol. The molecule has 10 nitrogen and oxygen atoms in total. The number of nitrogens with zero attached hydrogens (tertiary/aromatic N) is 5. The van der Waals surface area contributed by atoms with Gasteiger partial charge in [-0.15, -0.1) is 0 Å². The molecule has 2 aliphatic rings. The lowest BCUT2D eigenvalue weighted by Crippen LogP contribution is -2.38. The Hall–Kier alpha value is -3.93. The van der Waals surface area contributed by atoms with Crippen LogP contribution < -0.4 is 9.47 Å². The van der Waals surface area contributed by atoms with E-state index < -0.39 is 11.8 Å². The van der Waals surface area contributed by atoms with Gasteiger partial charge >= 0.3 is 5.97 Å². The zero-order chi connectivity index (χ0) is 29.2. The van der Waals surface area contributed by atoms with Crippen LogP contribution in [0.25, 0.3) is 17.2 Å². The van der Waals surface area contributed by atoms with Crippen LogP contribution in [-0.4, -0.2) is 61.3 Å². The molecule has 0 bridgehead atoms. The average molecular weight is 614 g/mol. The molecule has 2 aromatic heterocycles. The van der Waals surface area contributed by atoms with Gasteiger partial charge < -0.3 is 19.3 Å². The molecule has 2 aliphatic heterocycles. The van der Waals surface area contributed by atoms with Crippen LogP contribution in [0.1, 0.15) is 41.3 Å². The zero-order valence-electron chi connectivity index (χ0n) is 22.3. The quantitative estimate of drug-likeness (QED) is 0.250. The number of carboxylic acids is 1. The Bertz CT molecular complexity index is 1670. The molecule has 2 saturated heterocycles. The highest BCUT2D eigenvalue weighted by molar-refractivity contribution is 6.35. The van der Waals surface area contributed by atoms with Crippen molar-refractivity contribution in [2.45, 2.75) is 38.5 Å². The molecule has 0 spiro atoms. The van der Waals surface area contributed by atoms with E-state index in [1.165, 1.54) is 6.07 Å². The van der Waals surface area contributed by atoms with Crippen molar-refractivity contribution in [3.05, 3.63) is 81.4 Å². The molecule has 0 saturated carbocycles. The van der Waals surface area contributed by atoms with E-state index in [4.69, 9.17) is 37.4 Å². The largest absolute Gasteiger partial charge is 0.496 e. The van der Waals surface area contributed by atoms with E-state index in [0.717, 1.165) is 44.2 Å². The van der Waals surface area contributed by atoms with Gasteiger partial charge in [0.15, 0.2) is 11.6 Å². The van der Waals surface area contributed by atoms with Gasteiger partial charge in [-0.1, -0.05) is 23.2 Å². The fraction of sp³-hybridized carbons (Fsp3) is 0.310. The highest BCUT2D eigenvalue weighted by atomic mass is 35.5. The number of hydrogen-bond donors (Lipinski definition) is 1. The van der Waals surface area contributed by atoms with E-state index in [0.29, 0.717) is 52.0 Å². The number of aromatic carboxylic acids is 1. The zero-order valence-corrected chi connectivity index (χ0v) is 23.8. The number of ether oxygens (including phenoxy) is 3. The lowest BCUT2D eigenvalue weighted by Gasteiger charge is -2.31. The summed E-state index contributed by atoms with van der Waals surface area (Å²) in [7, 11) is 0. The molecule has 4 heterocycles. The number of piperidine rings is 1. The summed E-state index contributed by atoms with van der Waals surface area (Å²) in [5.74, 6) is 0.883. The van der Waals surface area contributed by atoms with Crippen molar-refractivity contribution in [3.8, 4) is 11.6 Å². The van der Waals surface area contributed by atoms with Gasteiger partial charge in [0.1, 0.15) is 35.6 Å². The summed E-state index contributed by atoms with van der Waals surface area (Å²) in [6.45, 7) is 2.64. The van der Waals surface area contributed by atoms with E-state index in [9.17, 15) is 14.3 Å². The van der Waals surface area contributed by atoms with Crippen molar-refractivity contribution >= 4 is 46.4 Å². The Balaban J connectivity index is 1.09. The highest BCUT2D eigenvalue weighted by Gasteiger charge is 2.25. The normalized spacial score (nSPS) is 16.8. The molecule has 2 aromatic carbocycles. The number of carboxylic acid groups (broad SMARTS) is 1. The van der Waals surface area contributed by atoms with Gasteiger partial charge in [0.2, 0.25) is 5.88 Å². The third-order valence-electron chi connectivity index (χ3n) is 7.10. The van der Waals surface area contributed by atoms with Crippen LogP contribution in [0.2, 0.25) is 10.0 Å². The molecule has 42 heavy (non-hydrogen) atoms. The second kappa shape index (κ2) is 12.1. The molecule has 0 aliphatic carbocycles. The van der Waals surface area contributed by atoms with Crippen molar-refractivity contribution < 1.29 is 28.5 Å². The minimum Gasteiger partial charge on any atom is -0.496 e. The number of benzene rings is 2. The standard InChI is InChI=1S/C29H26Cl2FN5O5/c30-18-1-2-24(21(31)13-18)41-16-25-33-7-3-27(34-25)42-19-4-8-36(9-5-19)15-26-35-28-22(32)11-17(29(38)39)12-23(28)37(26)14-20-6-10-40-20/h1-3,7,11-14,19H,4-6,8-10,15-16H2,(H,38,39)/b20-14-. The van der Waals surface area contributed by atoms with Crippen LogP contribution in [0.4, 0.5) is 4.39 Å². The fourth-order valence-corrected chi connectivity index (χ4v) is 5.31. The molecule has 0 radical (unpaired) electrons. The molecule has 2 fully saturated rings. The number of likely N-dealkylation sites (tertiary alicyclic amines) is 1. The molecule has 4 aromatic rings. The minimum atomic E-state index is -1.20.